The predicted molar refractivity (Wildman–Crippen MR) is 89.9 cm³/mol. The number of nitrogens with zero attached hydrogens (tertiary/aromatic N) is 3. The van der Waals surface area contributed by atoms with Crippen molar-refractivity contribution in [2.75, 3.05) is 5.73 Å². The number of nitrogen functional groups attached to an aromatic ring is 1. The summed E-state index contributed by atoms with van der Waals surface area (Å²) in [5, 5.41) is 8.45. The first-order valence-electron chi connectivity index (χ1n) is 7.33. The van der Waals surface area contributed by atoms with Crippen molar-refractivity contribution in [2.24, 2.45) is 0 Å². The predicted octanol–water partition coefficient (Wildman–Crippen LogP) is 3.81. The molecule has 1 aromatic heterocycles. The number of benzene rings is 2. The molecule has 4 heteroatoms. The Hall–Kier alpha value is -2.62. The second kappa shape index (κ2) is 5.30. The van der Waals surface area contributed by atoms with Gasteiger partial charge < -0.3 is 5.73 Å². The van der Waals surface area contributed by atoms with Crippen LogP contribution >= 0.6 is 0 Å². The molecule has 112 valence electrons. The minimum atomic E-state index is 0.153. The molecule has 0 saturated heterocycles. The highest BCUT2D eigenvalue weighted by Gasteiger charge is 2.13. The molecule has 0 fully saturated rings. The molecule has 22 heavy (non-hydrogen) atoms. The van der Waals surface area contributed by atoms with Gasteiger partial charge in [0.25, 0.3) is 0 Å². The van der Waals surface area contributed by atoms with Crippen molar-refractivity contribution in [2.45, 2.75) is 26.2 Å². The zero-order valence-corrected chi connectivity index (χ0v) is 13.1. The van der Waals surface area contributed by atoms with Crippen LogP contribution in [0.4, 0.5) is 5.69 Å². The van der Waals surface area contributed by atoms with Crippen molar-refractivity contribution in [3.8, 4) is 16.9 Å². The largest absolute Gasteiger partial charge is 0.399 e. The molecule has 0 atom stereocenters. The highest BCUT2D eigenvalue weighted by molar-refractivity contribution is 5.59. The number of hydrogen-bond acceptors (Lipinski definition) is 3. The Labute approximate surface area is 130 Å². The average Bonchev–Trinajstić information content (AvgIpc) is 2.97. The molecule has 3 aromatic rings. The standard InChI is InChI=1S/C18H20N4/c1-18(2,3)14-6-4-13(5-7-14)17-12-22(21-20-17)16-10-8-15(19)9-11-16/h4-12H,19H2,1-3H3. The molecule has 0 aliphatic heterocycles. The van der Waals surface area contributed by atoms with Crippen LogP contribution in [-0.4, -0.2) is 15.0 Å². The zero-order chi connectivity index (χ0) is 15.7. The van der Waals surface area contributed by atoms with Gasteiger partial charge in [0, 0.05) is 11.3 Å². The maximum Gasteiger partial charge on any atom is 0.113 e. The molecular weight excluding hydrogens is 272 g/mol. The van der Waals surface area contributed by atoms with Crippen LogP contribution < -0.4 is 5.73 Å². The maximum atomic E-state index is 5.70. The third-order valence-electron chi connectivity index (χ3n) is 3.70. The summed E-state index contributed by atoms with van der Waals surface area (Å²) in [5.41, 5.74) is 10.8. The van der Waals surface area contributed by atoms with E-state index in [2.05, 4.69) is 55.3 Å². The van der Waals surface area contributed by atoms with Crippen LogP contribution in [0.1, 0.15) is 26.3 Å². The van der Waals surface area contributed by atoms with Crippen LogP contribution in [0, 0.1) is 0 Å². The van der Waals surface area contributed by atoms with Crippen molar-refractivity contribution in [1.82, 2.24) is 15.0 Å². The van der Waals surface area contributed by atoms with E-state index in [1.807, 2.05) is 30.5 Å². The third kappa shape index (κ3) is 2.86. The molecular formula is C18H20N4. The lowest BCUT2D eigenvalue weighted by atomic mass is 9.86. The fraction of sp³-hybridized carbons (Fsp3) is 0.222. The number of rotatable bonds is 2. The minimum Gasteiger partial charge on any atom is -0.399 e. The maximum absolute atomic E-state index is 5.70. The van der Waals surface area contributed by atoms with Gasteiger partial charge in [-0.2, -0.15) is 0 Å². The van der Waals surface area contributed by atoms with Gasteiger partial charge in [0.2, 0.25) is 0 Å². The van der Waals surface area contributed by atoms with Crippen molar-refractivity contribution >= 4 is 5.69 Å². The van der Waals surface area contributed by atoms with E-state index in [1.54, 1.807) is 4.68 Å². The lowest BCUT2D eigenvalue weighted by molar-refractivity contribution is 0.590. The minimum absolute atomic E-state index is 0.153. The first kappa shape index (κ1) is 14.3. The molecule has 2 N–H and O–H groups in total. The summed E-state index contributed by atoms with van der Waals surface area (Å²) in [6.07, 6.45) is 1.93. The van der Waals surface area contributed by atoms with Crippen molar-refractivity contribution in [3.63, 3.8) is 0 Å². The second-order valence-electron chi connectivity index (χ2n) is 6.47. The van der Waals surface area contributed by atoms with E-state index in [-0.39, 0.29) is 5.41 Å². The Kier molecular flexibility index (Phi) is 3.45. The lowest BCUT2D eigenvalue weighted by Gasteiger charge is -2.18. The van der Waals surface area contributed by atoms with Gasteiger partial charge in [-0.15, -0.1) is 5.10 Å². The van der Waals surface area contributed by atoms with Gasteiger partial charge in [-0.3, -0.25) is 0 Å². The normalized spacial score (nSPS) is 11.6. The summed E-state index contributed by atoms with van der Waals surface area (Å²) < 4.78 is 1.76. The second-order valence-corrected chi connectivity index (χ2v) is 6.47. The summed E-state index contributed by atoms with van der Waals surface area (Å²) in [6, 6.07) is 16.1. The molecule has 2 aromatic carbocycles. The van der Waals surface area contributed by atoms with Gasteiger partial charge in [-0.05, 0) is 35.2 Å². The first-order chi connectivity index (χ1) is 10.4. The average molecular weight is 292 g/mol. The van der Waals surface area contributed by atoms with Crippen LogP contribution in [-0.2, 0) is 5.41 Å². The molecule has 0 spiro atoms. The Balaban J connectivity index is 1.89. The Morgan fingerprint density at radius 2 is 1.55 bits per heavy atom. The smallest absolute Gasteiger partial charge is 0.113 e. The summed E-state index contributed by atoms with van der Waals surface area (Å²) in [7, 11) is 0. The van der Waals surface area contributed by atoms with E-state index in [1.165, 1.54) is 5.56 Å². The van der Waals surface area contributed by atoms with Gasteiger partial charge in [-0.25, -0.2) is 4.68 Å². The van der Waals surface area contributed by atoms with E-state index >= 15 is 0 Å². The monoisotopic (exact) mass is 292 g/mol. The van der Waals surface area contributed by atoms with Gasteiger partial charge in [0.15, 0.2) is 0 Å². The van der Waals surface area contributed by atoms with Crippen molar-refractivity contribution in [3.05, 3.63) is 60.3 Å². The fourth-order valence-corrected chi connectivity index (χ4v) is 2.29. The summed E-state index contributed by atoms with van der Waals surface area (Å²) in [6.45, 7) is 6.62. The molecule has 4 nitrogen and oxygen atoms in total. The number of anilines is 1. The third-order valence-corrected chi connectivity index (χ3v) is 3.70. The van der Waals surface area contributed by atoms with Crippen molar-refractivity contribution in [1.29, 1.82) is 0 Å². The molecule has 0 aliphatic rings. The summed E-state index contributed by atoms with van der Waals surface area (Å²) >= 11 is 0. The highest BCUT2D eigenvalue weighted by atomic mass is 15.4. The van der Waals surface area contributed by atoms with Gasteiger partial charge in [-0.1, -0.05) is 50.3 Å². The van der Waals surface area contributed by atoms with Gasteiger partial charge >= 0.3 is 0 Å². The van der Waals surface area contributed by atoms with Crippen LogP contribution in [0.3, 0.4) is 0 Å². The quantitative estimate of drug-likeness (QED) is 0.731. The Morgan fingerprint density at radius 1 is 0.909 bits per heavy atom. The molecule has 0 bridgehead atoms. The Bertz CT molecular complexity index is 762. The SMILES string of the molecule is CC(C)(C)c1ccc(-c2cn(-c3ccc(N)cc3)nn2)cc1. The van der Waals surface area contributed by atoms with Gasteiger partial charge in [0.1, 0.15) is 5.69 Å². The Morgan fingerprint density at radius 3 is 2.14 bits per heavy atom. The molecule has 0 aliphatic carbocycles. The number of hydrogen-bond donors (Lipinski definition) is 1. The molecule has 0 saturated carbocycles. The van der Waals surface area contributed by atoms with Crippen LogP contribution in [0.5, 0.6) is 0 Å². The molecule has 0 radical (unpaired) electrons. The topological polar surface area (TPSA) is 56.7 Å². The molecule has 3 rings (SSSR count). The summed E-state index contributed by atoms with van der Waals surface area (Å²) in [4.78, 5) is 0. The van der Waals surface area contributed by atoms with E-state index in [4.69, 9.17) is 5.73 Å². The van der Waals surface area contributed by atoms with Crippen molar-refractivity contribution < 1.29 is 0 Å². The van der Waals surface area contributed by atoms with Crippen LogP contribution in [0.25, 0.3) is 16.9 Å². The van der Waals surface area contributed by atoms with Crippen LogP contribution in [0.2, 0.25) is 0 Å². The fourth-order valence-electron chi connectivity index (χ4n) is 2.29. The van der Waals surface area contributed by atoms with E-state index in [9.17, 15) is 0 Å². The summed E-state index contributed by atoms with van der Waals surface area (Å²) in [5.74, 6) is 0. The molecule has 0 unspecified atom stereocenters. The van der Waals surface area contributed by atoms with Gasteiger partial charge in [0.05, 0.1) is 11.9 Å². The molecule has 1 heterocycles. The van der Waals surface area contributed by atoms with Crippen LogP contribution in [0.15, 0.2) is 54.7 Å². The number of aromatic nitrogens is 3. The number of nitrogens with two attached hydrogens (primary N) is 1. The van der Waals surface area contributed by atoms with E-state index < -0.39 is 0 Å². The molecule has 0 amide bonds. The van der Waals surface area contributed by atoms with E-state index in [0.717, 1.165) is 22.6 Å². The highest BCUT2D eigenvalue weighted by Crippen LogP contribution is 2.25. The zero-order valence-electron chi connectivity index (χ0n) is 13.1. The first-order valence-corrected chi connectivity index (χ1v) is 7.33. The lowest BCUT2D eigenvalue weighted by Crippen LogP contribution is -2.10. The van der Waals surface area contributed by atoms with E-state index in [0.29, 0.717) is 0 Å².